The maximum Gasteiger partial charge on any atom is 0.149 e. The third-order valence-corrected chi connectivity index (χ3v) is 3.18. The molecule has 1 heterocycles. The molecule has 0 atom stereocenters. The number of nitrogens with one attached hydrogen (secondary N) is 1. The summed E-state index contributed by atoms with van der Waals surface area (Å²) in [5.74, 6) is 1.29. The fraction of sp³-hybridized carbons (Fsp3) is 0.0667. The smallest absolute Gasteiger partial charge is 0.149 e. The minimum atomic E-state index is 0.572. The number of benzene rings is 2. The number of methoxy groups -OCH3 is 1. The van der Waals surface area contributed by atoms with Crippen LogP contribution in [0, 0.1) is 0 Å². The first-order valence-corrected chi connectivity index (χ1v) is 6.46. The molecule has 4 nitrogen and oxygen atoms in total. The van der Waals surface area contributed by atoms with Gasteiger partial charge >= 0.3 is 0 Å². The molecule has 0 unspecified atom stereocenters. The van der Waals surface area contributed by atoms with Crippen molar-refractivity contribution < 1.29 is 4.74 Å². The third kappa shape index (κ3) is 2.51. The van der Waals surface area contributed by atoms with Gasteiger partial charge in [0.25, 0.3) is 0 Å². The number of rotatable bonds is 3. The molecule has 0 amide bonds. The van der Waals surface area contributed by atoms with E-state index in [2.05, 4.69) is 15.3 Å². The highest BCUT2D eigenvalue weighted by Gasteiger charge is 2.04. The summed E-state index contributed by atoms with van der Waals surface area (Å²) in [6.45, 7) is 0. The van der Waals surface area contributed by atoms with Gasteiger partial charge in [-0.1, -0.05) is 23.7 Å². The summed E-state index contributed by atoms with van der Waals surface area (Å²) in [5, 5.41) is 3.76. The van der Waals surface area contributed by atoms with Gasteiger partial charge in [-0.05, 0) is 24.3 Å². The Morgan fingerprint density at radius 3 is 2.70 bits per heavy atom. The number of hydrogen-bond donors (Lipinski definition) is 1. The Labute approximate surface area is 121 Å². The van der Waals surface area contributed by atoms with E-state index in [1.165, 1.54) is 0 Å². The zero-order valence-corrected chi connectivity index (χ0v) is 11.6. The van der Waals surface area contributed by atoms with Crippen LogP contribution in [0.4, 0.5) is 11.5 Å². The van der Waals surface area contributed by atoms with Crippen molar-refractivity contribution >= 4 is 34.1 Å². The fourth-order valence-corrected chi connectivity index (χ4v) is 2.10. The van der Waals surface area contributed by atoms with Gasteiger partial charge in [0.2, 0.25) is 0 Å². The molecule has 1 N–H and O–H groups in total. The number of aromatic nitrogens is 2. The number of fused-ring (bicyclic) bond motifs is 1. The monoisotopic (exact) mass is 285 g/mol. The molecular weight excluding hydrogens is 274 g/mol. The largest absolute Gasteiger partial charge is 0.495 e. The summed E-state index contributed by atoms with van der Waals surface area (Å²) < 4.78 is 5.19. The molecule has 3 rings (SSSR count). The van der Waals surface area contributed by atoms with Crippen molar-refractivity contribution in [3.05, 3.63) is 53.7 Å². The SMILES string of the molecule is COc1cc(Nc2cnc3ccccc3n2)ccc1Cl. The van der Waals surface area contributed by atoms with E-state index < -0.39 is 0 Å². The van der Waals surface area contributed by atoms with Crippen molar-refractivity contribution in [2.75, 3.05) is 12.4 Å². The summed E-state index contributed by atoms with van der Waals surface area (Å²) in [5.41, 5.74) is 2.56. The Balaban J connectivity index is 1.92. The molecule has 3 aromatic rings. The van der Waals surface area contributed by atoms with Gasteiger partial charge in [0, 0.05) is 11.8 Å². The Morgan fingerprint density at radius 2 is 1.90 bits per heavy atom. The molecule has 0 aliphatic carbocycles. The Morgan fingerprint density at radius 1 is 1.10 bits per heavy atom. The van der Waals surface area contributed by atoms with Crippen LogP contribution >= 0.6 is 11.6 Å². The van der Waals surface area contributed by atoms with E-state index in [4.69, 9.17) is 16.3 Å². The van der Waals surface area contributed by atoms with Gasteiger partial charge in [0.1, 0.15) is 11.6 Å². The van der Waals surface area contributed by atoms with E-state index in [0.717, 1.165) is 16.7 Å². The minimum Gasteiger partial charge on any atom is -0.495 e. The maximum atomic E-state index is 6.00. The second kappa shape index (κ2) is 5.35. The van der Waals surface area contributed by atoms with E-state index in [1.54, 1.807) is 19.4 Å². The second-order valence-electron chi connectivity index (χ2n) is 4.22. The topological polar surface area (TPSA) is 47.0 Å². The number of hydrogen-bond acceptors (Lipinski definition) is 4. The van der Waals surface area contributed by atoms with Gasteiger partial charge in [-0.15, -0.1) is 0 Å². The number of nitrogens with zero attached hydrogens (tertiary/aromatic N) is 2. The van der Waals surface area contributed by atoms with E-state index in [9.17, 15) is 0 Å². The Bertz CT molecular complexity index is 761. The molecule has 0 spiro atoms. The number of ether oxygens (including phenoxy) is 1. The lowest BCUT2D eigenvalue weighted by Crippen LogP contribution is -1.96. The highest BCUT2D eigenvalue weighted by Crippen LogP contribution is 2.28. The normalized spacial score (nSPS) is 10.5. The van der Waals surface area contributed by atoms with Crippen molar-refractivity contribution in [2.45, 2.75) is 0 Å². The maximum absolute atomic E-state index is 6.00. The molecule has 5 heteroatoms. The Hall–Kier alpha value is -2.33. The second-order valence-corrected chi connectivity index (χ2v) is 4.63. The average molecular weight is 286 g/mol. The van der Waals surface area contributed by atoms with Crippen LogP contribution in [0.2, 0.25) is 5.02 Å². The standard InChI is InChI=1S/C15H12ClN3O/c1-20-14-8-10(6-7-11(14)16)18-15-9-17-12-4-2-3-5-13(12)19-15/h2-9H,1H3,(H,18,19). The number of halogens is 1. The molecule has 0 fully saturated rings. The quantitative estimate of drug-likeness (QED) is 0.789. The highest BCUT2D eigenvalue weighted by atomic mass is 35.5. The van der Waals surface area contributed by atoms with Gasteiger partial charge in [0.15, 0.2) is 0 Å². The van der Waals surface area contributed by atoms with Crippen LogP contribution in [0.5, 0.6) is 5.75 Å². The minimum absolute atomic E-state index is 0.572. The van der Waals surface area contributed by atoms with Crippen LogP contribution in [-0.2, 0) is 0 Å². The van der Waals surface area contributed by atoms with Gasteiger partial charge < -0.3 is 10.1 Å². The zero-order valence-electron chi connectivity index (χ0n) is 10.8. The third-order valence-electron chi connectivity index (χ3n) is 2.87. The molecule has 0 saturated heterocycles. The van der Waals surface area contributed by atoms with Crippen LogP contribution in [0.15, 0.2) is 48.7 Å². The van der Waals surface area contributed by atoms with Gasteiger partial charge in [0.05, 0.1) is 29.4 Å². The molecule has 0 aliphatic rings. The first kappa shape index (κ1) is 12.7. The lowest BCUT2D eigenvalue weighted by atomic mass is 10.3. The molecule has 20 heavy (non-hydrogen) atoms. The summed E-state index contributed by atoms with van der Waals surface area (Å²) in [6.07, 6.45) is 1.70. The molecule has 0 bridgehead atoms. The predicted molar refractivity (Wildman–Crippen MR) is 80.8 cm³/mol. The molecule has 0 saturated carbocycles. The summed E-state index contributed by atoms with van der Waals surface area (Å²) in [6, 6.07) is 13.2. The first-order valence-electron chi connectivity index (χ1n) is 6.08. The zero-order chi connectivity index (χ0) is 13.9. The van der Waals surface area contributed by atoms with E-state index in [-0.39, 0.29) is 0 Å². The Kier molecular flexibility index (Phi) is 3.39. The predicted octanol–water partition coefficient (Wildman–Crippen LogP) is 4.04. The van der Waals surface area contributed by atoms with Crippen LogP contribution < -0.4 is 10.1 Å². The molecule has 2 aromatic carbocycles. The first-order chi connectivity index (χ1) is 9.76. The summed E-state index contributed by atoms with van der Waals surface area (Å²) in [7, 11) is 1.58. The molecular formula is C15H12ClN3O. The van der Waals surface area contributed by atoms with Crippen LogP contribution in [-0.4, -0.2) is 17.1 Å². The van der Waals surface area contributed by atoms with E-state index >= 15 is 0 Å². The van der Waals surface area contributed by atoms with Crippen molar-refractivity contribution in [1.82, 2.24) is 9.97 Å². The fourth-order valence-electron chi connectivity index (χ4n) is 1.90. The van der Waals surface area contributed by atoms with Crippen LogP contribution in [0.1, 0.15) is 0 Å². The molecule has 0 radical (unpaired) electrons. The van der Waals surface area contributed by atoms with Gasteiger partial charge in [-0.2, -0.15) is 0 Å². The number of anilines is 2. The van der Waals surface area contributed by atoms with Crippen LogP contribution in [0.25, 0.3) is 11.0 Å². The van der Waals surface area contributed by atoms with E-state index in [0.29, 0.717) is 16.6 Å². The lowest BCUT2D eigenvalue weighted by molar-refractivity contribution is 0.415. The molecule has 0 aliphatic heterocycles. The van der Waals surface area contributed by atoms with Crippen molar-refractivity contribution in [2.24, 2.45) is 0 Å². The van der Waals surface area contributed by atoms with Crippen molar-refractivity contribution in [3.8, 4) is 5.75 Å². The number of para-hydroxylation sites is 2. The van der Waals surface area contributed by atoms with Gasteiger partial charge in [-0.3, -0.25) is 4.98 Å². The van der Waals surface area contributed by atoms with Crippen LogP contribution in [0.3, 0.4) is 0 Å². The van der Waals surface area contributed by atoms with Crippen molar-refractivity contribution in [3.63, 3.8) is 0 Å². The molecule has 100 valence electrons. The average Bonchev–Trinajstić information content (AvgIpc) is 2.49. The van der Waals surface area contributed by atoms with Gasteiger partial charge in [-0.25, -0.2) is 4.98 Å². The summed E-state index contributed by atoms with van der Waals surface area (Å²) in [4.78, 5) is 8.86. The van der Waals surface area contributed by atoms with Crippen molar-refractivity contribution in [1.29, 1.82) is 0 Å². The highest BCUT2D eigenvalue weighted by molar-refractivity contribution is 6.32. The molecule has 1 aromatic heterocycles. The lowest BCUT2D eigenvalue weighted by Gasteiger charge is -2.09. The summed E-state index contributed by atoms with van der Waals surface area (Å²) >= 11 is 6.00. The van der Waals surface area contributed by atoms with E-state index in [1.807, 2.05) is 36.4 Å².